The summed E-state index contributed by atoms with van der Waals surface area (Å²) in [6, 6.07) is 49.8. The Balaban J connectivity index is 0.00000514. The van der Waals surface area contributed by atoms with Crippen LogP contribution in [0.15, 0.2) is 134 Å². The van der Waals surface area contributed by atoms with E-state index < -0.39 is 0 Å². The molecule has 0 aliphatic carbocycles. The number of ether oxygens (including phenoxy) is 1. The topological polar surface area (TPSA) is 33.5 Å². The molecular weight excluding hydrogens is 935 g/mol. The average molecular weight is 985 g/mol. The fourth-order valence-corrected chi connectivity index (χ4v) is 7.97. The summed E-state index contributed by atoms with van der Waals surface area (Å²) >= 11 is 0. The van der Waals surface area contributed by atoms with E-state index in [1.165, 1.54) is 22.8 Å². The number of fused-ring (bicyclic) bond motifs is 4. The SMILES string of the molecule is CC(C)(C)c1cc(N2[CH-]N(c3[c-]c(Oc4[c-]c5c(cc4)c4cc(-c6ccccc6F)ccc4n5-c4cc(C(C)(C)C)ccn4)ccc3)c3ccccc32)cc(C(C)(C)C)c1.[Pt]. The molecule has 5 nitrogen and oxygen atoms in total. The molecule has 0 N–H and O–H groups in total. The third-order valence-corrected chi connectivity index (χ3v) is 11.5. The largest absolute Gasteiger partial charge is 0.509 e. The molecule has 9 rings (SSSR count). The summed E-state index contributed by atoms with van der Waals surface area (Å²) in [6.07, 6.45) is 1.86. The van der Waals surface area contributed by atoms with Gasteiger partial charge in [0.05, 0.1) is 0 Å². The zero-order valence-corrected chi connectivity index (χ0v) is 38.4. The Bertz CT molecular complexity index is 2900. The van der Waals surface area contributed by atoms with E-state index in [1.54, 1.807) is 6.07 Å². The van der Waals surface area contributed by atoms with Crippen molar-refractivity contribution in [1.82, 2.24) is 9.55 Å². The van der Waals surface area contributed by atoms with Gasteiger partial charge in [0.2, 0.25) is 0 Å². The van der Waals surface area contributed by atoms with Crippen LogP contribution in [0.3, 0.4) is 0 Å². The van der Waals surface area contributed by atoms with Gasteiger partial charge in [0, 0.05) is 66.9 Å². The van der Waals surface area contributed by atoms with Crippen molar-refractivity contribution in [3.63, 3.8) is 0 Å². The van der Waals surface area contributed by atoms with Crippen molar-refractivity contribution in [1.29, 1.82) is 0 Å². The molecule has 2 aromatic heterocycles. The third kappa shape index (κ3) is 7.99. The molecule has 0 bridgehead atoms. The number of anilines is 4. The predicted molar refractivity (Wildman–Crippen MR) is 246 cm³/mol. The molecule has 0 saturated heterocycles. The number of nitrogens with zero attached hydrogens (tertiary/aromatic N) is 4. The average Bonchev–Trinajstić information content (AvgIpc) is 3.76. The van der Waals surface area contributed by atoms with Gasteiger partial charge in [0.25, 0.3) is 0 Å². The molecule has 0 atom stereocenters. The maximum Gasteiger partial charge on any atom is 0.135 e. The van der Waals surface area contributed by atoms with Gasteiger partial charge in [-0.25, -0.2) is 9.37 Å². The first-order chi connectivity index (χ1) is 28.5. The van der Waals surface area contributed by atoms with Crippen molar-refractivity contribution in [3.8, 4) is 28.4 Å². The monoisotopic (exact) mass is 984 g/mol. The van der Waals surface area contributed by atoms with E-state index in [2.05, 4.69) is 168 Å². The summed E-state index contributed by atoms with van der Waals surface area (Å²) in [5, 5.41) is 1.94. The first-order valence-corrected chi connectivity index (χ1v) is 20.6. The van der Waals surface area contributed by atoms with Gasteiger partial charge in [0.1, 0.15) is 11.6 Å². The van der Waals surface area contributed by atoms with Crippen LogP contribution >= 0.6 is 0 Å². The van der Waals surface area contributed by atoms with Gasteiger partial charge in [-0.05, 0) is 92.4 Å². The second-order valence-corrected chi connectivity index (χ2v) is 18.9. The summed E-state index contributed by atoms with van der Waals surface area (Å²) in [7, 11) is 0. The fraction of sp³-hybridized carbons (Fsp3) is 0.222. The van der Waals surface area contributed by atoms with Crippen LogP contribution < -0.4 is 14.5 Å². The molecule has 0 radical (unpaired) electrons. The van der Waals surface area contributed by atoms with Gasteiger partial charge in [-0.2, -0.15) is 12.1 Å². The van der Waals surface area contributed by atoms with Crippen LogP contribution in [-0.2, 0) is 37.3 Å². The van der Waals surface area contributed by atoms with Crippen molar-refractivity contribution < 1.29 is 30.2 Å². The van der Waals surface area contributed by atoms with Crippen LogP contribution in [0.5, 0.6) is 11.5 Å². The molecule has 312 valence electrons. The smallest absolute Gasteiger partial charge is 0.135 e. The molecule has 6 aromatic carbocycles. The van der Waals surface area contributed by atoms with Crippen molar-refractivity contribution in [3.05, 3.63) is 175 Å². The molecule has 0 saturated carbocycles. The van der Waals surface area contributed by atoms with Crippen molar-refractivity contribution in [2.45, 2.75) is 78.6 Å². The molecule has 0 spiro atoms. The number of pyridine rings is 1. The van der Waals surface area contributed by atoms with E-state index in [4.69, 9.17) is 9.72 Å². The molecule has 61 heavy (non-hydrogen) atoms. The standard InChI is InChI=1S/C54H50FN4O.Pt/c1-52(2,3)36-25-26-56-51(31-36)59-47-24-21-35(43-17-10-11-18-46(43)55)27-45(47)44-23-22-42(33-50(44)59)60-41-16-14-15-39(32-41)57-34-58(49-20-13-12-19-48(49)57)40-29-37(53(4,5)6)28-38(30-40)54(7,8)9;/h10-31,34H,1-9H3;/q-3;. The van der Waals surface area contributed by atoms with Crippen LogP contribution in [0.25, 0.3) is 38.8 Å². The summed E-state index contributed by atoms with van der Waals surface area (Å²) in [5.74, 6) is 1.63. The zero-order valence-electron chi connectivity index (χ0n) is 36.2. The van der Waals surface area contributed by atoms with Gasteiger partial charge >= 0.3 is 0 Å². The van der Waals surface area contributed by atoms with Crippen LogP contribution in [-0.4, -0.2) is 9.55 Å². The predicted octanol–water partition coefficient (Wildman–Crippen LogP) is 14.7. The molecule has 1 aliphatic rings. The van der Waals surface area contributed by atoms with Crippen LogP contribution in [0, 0.1) is 24.6 Å². The third-order valence-electron chi connectivity index (χ3n) is 11.5. The summed E-state index contributed by atoms with van der Waals surface area (Å²) in [5.41, 5.74) is 10.9. The first kappa shape index (κ1) is 42.0. The molecule has 0 amide bonds. The van der Waals surface area contributed by atoms with Crippen LogP contribution in [0.1, 0.15) is 79.0 Å². The Hall–Kier alpha value is -5.71. The molecule has 0 fully saturated rings. The molecule has 0 unspecified atom stereocenters. The van der Waals surface area contributed by atoms with Crippen molar-refractivity contribution in [2.75, 3.05) is 9.80 Å². The number of para-hydroxylation sites is 2. The maximum atomic E-state index is 15.0. The Morgan fingerprint density at radius 2 is 1.25 bits per heavy atom. The first-order valence-electron chi connectivity index (χ1n) is 20.6. The number of rotatable bonds is 6. The number of hydrogen-bond donors (Lipinski definition) is 0. The van der Waals surface area contributed by atoms with Crippen molar-refractivity contribution in [2.24, 2.45) is 0 Å². The van der Waals surface area contributed by atoms with Gasteiger partial charge in [-0.3, -0.25) is 0 Å². The van der Waals surface area contributed by atoms with Crippen LogP contribution in [0.2, 0.25) is 0 Å². The molecule has 1 aliphatic heterocycles. The quantitative estimate of drug-likeness (QED) is 0.156. The number of halogens is 1. The molecule has 8 aromatic rings. The second-order valence-electron chi connectivity index (χ2n) is 18.9. The summed E-state index contributed by atoms with van der Waals surface area (Å²) in [4.78, 5) is 9.32. The van der Waals surface area contributed by atoms with Gasteiger partial charge in [-0.15, -0.1) is 48.1 Å². The normalized spacial score (nSPS) is 13.1. The van der Waals surface area contributed by atoms with E-state index in [0.29, 0.717) is 17.1 Å². The number of benzene rings is 6. The minimum absolute atomic E-state index is 0. The molecule has 3 heterocycles. The summed E-state index contributed by atoms with van der Waals surface area (Å²) in [6.45, 7) is 22.4. The van der Waals surface area contributed by atoms with E-state index in [1.807, 2.05) is 48.7 Å². The Kier molecular flexibility index (Phi) is 10.8. The second kappa shape index (κ2) is 15.6. The molecular formula is C54H50FN4OPt-3. The number of hydrogen-bond acceptors (Lipinski definition) is 4. The zero-order chi connectivity index (χ0) is 42.1. The molecule has 7 heteroatoms. The Morgan fingerprint density at radius 1 is 0.590 bits per heavy atom. The summed E-state index contributed by atoms with van der Waals surface area (Å²) < 4.78 is 23.8. The number of aromatic nitrogens is 2. The van der Waals surface area contributed by atoms with Gasteiger partial charge < -0.3 is 19.1 Å². The van der Waals surface area contributed by atoms with Gasteiger partial charge in [0.15, 0.2) is 0 Å². The van der Waals surface area contributed by atoms with E-state index in [0.717, 1.165) is 55.9 Å². The van der Waals surface area contributed by atoms with Gasteiger partial charge in [-0.1, -0.05) is 116 Å². The Morgan fingerprint density at radius 3 is 1.93 bits per heavy atom. The van der Waals surface area contributed by atoms with E-state index >= 15 is 4.39 Å². The fourth-order valence-electron chi connectivity index (χ4n) is 7.97. The Labute approximate surface area is 374 Å². The van der Waals surface area contributed by atoms with Crippen molar-refractivity contribution >= 4 is 44.6 Å². The maximum absolute atomic E-state index is 15.0. The van der Waals surface area contributed by atoms with E-state index in [-0.39, 0.29) is 43.1 Å². The minimum atomic E-state index is -0.256. The van der Waals surface area contributed by atoms with E-state index in [9.17, 15) is 0 Å². The van der Waals surface area contributed by atoms with Crippen LogP contribution in [0.4, 0.5) is 27.1 Å². The minimum Gasteiger partial charge on any atom is -0.509 e.